The molecule has 0 spiro atoms. The standard InChI is InChI=1S/C18H23Cl2NO4/c1-21(14-7-4-12(5-8-14)18(23)24)17(22)3-2-10-25-16-9-6-13(19)11-15(16)20/h6,9,11-12,14H,2-5,7-8,10H2,1H3,(H,23,24). The molecule has 1 aliphatic carbocycles. The van der Waals surface area contributed by atoms with Gasteiger partial charge in [0.15, 0.2) is 0 Å². The predicted octanol–water partition coefficient (Wildman–Crippen LogP) is 4.25. The molecule has 0 saturated heterocycles. The minimum absolute atomic E-state index is 0.0598. The van der Waals surface area contributed by atoms with Crippen molar-refractivity contribution in [3.05, 3.63) is 28.2 Å². The highest BCUT2D eigenvalue weighted by molar-refractivity contribution is 6.35. The predicted molar refractivity (Wildman–Crippen MR) is 97.3 cm³/mol. The molecule has 0 aromatic heterocycles. The van der Waals surface area contributed by atoms with Crippen LogP contribution < -0.4 is 4.74 Å². The van der Waals surface area contributed by atoms with Gasteiger partial charge in [-0.3, -0.25) is 9.59 Å². The number of carbonyl (C=O) groups is 2. The lowest BCUT2D eigenvalue weighted by Crippen LogP contribution is -2.40. The number of halogens is 2. The van der Waals surface area contributed by atoms with Crippen LogP contribution >= 0.6 is 23.2 Å². The molecule has 0 unspecified atom stereocenters. The Morgan fingerprint density at radius 3 is 2.52 bits per heavy atom. The first kappa shape index (κ1) is 19.9. The maximum absolute atomic E-state index is 12.3. The van der Waals surface area contributed by atoms with E-state index in [1.807, 2.05) is 0 Å². The second-order valence-corrected chi connectivity index (χ2v) is 7.22. The zero-order valence-electron chi connectivity index (χ0n) is 14.2. The van der Waals surface area contributed by atoms with Crippen LogP contribution in [0, 0.1) is 5.92 Å². The first-order chi connectivity index (χ1) is 11.9. The summed E-state index contributed by atoms with van der Waals surface area (Å²) in [7, 11) is 1.80. The largest absolute Gasteiger partial charge is 0.492 e. The molecule has 0 atom stereocenters. The molecule has 0 radical (unpaired) electrons. The maximum atomic E-state index is 12.3. The van der Waals surface area contributed by atoms with Gasteiger partial charge in [0.1, 0.15) is 5.75 Å². The molecule has 5 nitrogen and oxygen atoms in total. The van der Waals surface area contributed by atoms with E-state index in [4.69, 9.17) is 33.0 Å². The molecular formula is C18H23Cl2NO4. The summed E-state index contributed by atoms with van der Waals surface area (Å²) < 4.78 is 5.58. The van der Waals surface area contributed by atoms with E-state index in [2.05, 4.69) is 0 Å². The quantitative estimate of drug-likeness (QED) is 0.709. The van der Waals surface area contributed by atoms with Crippen molar-refractivity contribution in [1.29, 1.82) is 0 Å². The van der Waals surface area contributed by atoms with E-state index in [0.717, 1.165) is 12.8 Å². The van der Waals surface area contributed by atoms with E-state index < -0.39 is 5.97 Å². The fourth-order valence-electron chi connectivity index (χ4n) is 3.09. The van der Waals surface area contributed by atoms with Crippen LogP contribution in [0.5, 0.6) is 5.75 Å². The van der Waals surface area contributed by atoms with Crippen molar-refractivity contribution < 1.29 is 19.4 Å². The summed E-state index contributed by atoms with van der Waals surface area (Å²) in [5.41, 5.74) is 0. The van der Waals surface area contributed by atoms with Gasteiger partial charge in [-0.05, 0) is 50.3 Å². The Labute approximate surface area is 157 Å². The number of hydrogen-bond acceptors (Lipinski definition) is 3. The fourth-order valence-corrected chi connectivity index (χ4v) is 3.55. The van der Waals surface area contributed by atoms with Gasteiger partial charge in [0.25, 0.3) is 0 Å². The normalized spacial score (nSPS) is 20.1. The summed E-state index contributed by atoms with van der Waals surface area (Å²) in [6, 6.07) is 5.16. The van der Waals surface area contributed by atoms with Gasteiger partial charge in [0.2, 0.25) is 5.91 Å². The molecule has 0 heterocycles. The second kappa shape index (κ2) is 9.30. The second-order valence-electron chi connectivity index (χ2n) is 6.38. The number of hydrogen-bond donors (Lipinski definition) is 1. The van der Waals surface area contributed by atoms with Crippen molar-refractivity contribution in [2.75, 3.05) is 13.7 Å². The van der Waals surface area contributed by atoms with Crippen LogP contribution in [-0.2, 0) is 9.59 Å². The highest BCUT2D eigenvalue weighted by Crippen LogP contribution is 2.29. The molecule has 0 aliphatic heterocycles. The topological polar surface area (TPSA) is 66.8 Å². The van der Waals surface area contributed by atoms with Gasteiger partial charge in [-0.25, -0.2) is 0 Å². The first-order valence-electron chi connectivity index (χ1n) is 8.44. The Morgan fingerprint density at radius 2 is 1.92 bits per heavy atom. The van der Waals surface area contributed by atoms with Crippen LogP contribution in [0.25, 0.3) is 0 Å². The molecule has 1 amide bonds. The lowest BCUT2D eigenvalue weighted by molar-refractivity contribution is -0.143. The van der Waals surface area contributed by atoms with E-state index in [1.165, 1.54) is 0 Å². The van der Waals surface area contributed by atoms with Crippen molar-refractivity contribution >= 4 is 35.1 Å². The van der Waals surface area contributed by atoms with Gasteiger partial charge in [0.05, 0.1) is 17.5 Å². The number of carboxylic acid groups (broad SMARTS) is 1. The smallest absolute Gasteiger partial charge is 0.306 e. The number of amides is 1. The molecule has 138 valence electrons. The molecule has 1 aliphatic rings. The summed E-state index contributed by atoms with van der Waals surface area (Å²) >= 11 is 11.9. The third-order valence-corrected chi connectivity index (χ3v) is 5.20. The molecular weight excluding hydrogens is 365 g/mol. The lowest BCUT2D eigenvalue weighted by Gasteiger charge is -2.33. The molecule has 1 aromatic carbocycles. The molecule has 0 bridgehead atoms. The number of benzene rings is 1. The molecule has 7 heteroatoms. The third-order valence-electron chi connectivity index (χ3n) is 4.67. The van der Waals surface area contributed by atoms with Crippen LogP contribution in [0.1, 0.15) is 38.5 Å². The zero-order valence-corrected chi connectivity index (χ0v) is 15.7. The number of ether oxygens (including phenoxy) is 1. The summed E-state index contributed by atoms with van der Waals surface area (Å²) in [5, 5.41) is 10.0. The van der Waals surface area contributed by atoms with Crippen LogP contribution in [0.2, 0.25) is 10.0 Å². The van der Waals surface area contributed by atoms with Crippen LogP contribution in [0.3, 0.4) is 0 Å². The van der Waals surface area contributed by atoms with E-state index in [1.54, 1.807) is 30.1 Å². The summed E-state index contributed by atoms with van der Waals surface area (Å²) in [5.74, 6) is -0.383. The van der Waals surface area contributed by atoms with Crippen LogP contribution in [0.4, 0.5) is 0 Å². The Hall–Kier alpha value is -1.46. The Kier molecular flexibility index (Phi) is 7.38. The molecule has 1 saturated carbocycles. The van der Waals surface area contributed by atoms with Crippen molar-refractivity contribution in [3.63, 3.8) is 0 Å². The summed E-state index contributed by atoms with van der Waals surface area (Å²) in [6.45, 7) is 0.396. The van der Waals surface area contributed by atoms with E-state index in [-0.39, 0.29) is 17.9 Å². The average molecular weight is 388 g/mol. The summed E-state index contributed by atoms with van der Waals surface area (Å²) in [6.07, 6.45) is 3.74. The van der Waals surface area contributed by atoms with Crippen molar-refractivity contribution in [1.82, 2.24) is 4.90 Å². The van der Waals surface area contributed by atoms with E-state index >= 15 is 0 Å². The Bertz CT molecular complexity index is 615. The van der Waals surface area contributed by atoms with E-state index in [0.29, 0.717) is 48.1 Å². The van der Waals surface area contributed by atoms with E-state index in [9.17, 15) is 9.59 Å². The SMILES string of the molecule is CN(C(=O)CCCOc1ccc(Cl)cc1Cl)C1CCC(C(=O)O)CC1. The minimum atomic E-state index is -0.731. The molecule has 1 fully saturated rings. The van der Waals surface area contributed by atoms with Crippen LogP contribution in [-0.4, -0.2) is 41.6 Å². The zero-order chi connectivity index (χ0) is 18.4. The van der Waals surface area contributed by atoms with Gasteiger partial charge >= 0.3 is 5.97 Å². The highest BCUT2D eigenvalue weighted by Gasteiger charge is 2.29. The fraction of sp³-hybridized carbons (Fsp3) is 0.556. The Morgan fingerprint density at radius 1 is 1.24 bits per heavy atom. The number of aliphatic carboxylic acids is 1. The van der Waals surface area contributed by atoms with Crippen molar-refractivity contribution in [2.24, 2.45) is 5.92 Å². The number of carboxylic acids is 1. The number of carbonyl (C=O) groups excluding carboxylic acids is 1. The molecule has 2 rings (SSSR count). The van der Waals surface area contributed by atoms with Gasteiger partial charge in [-0.2, -0.15) is 0 Å². The highest BCUT2D eigenvalue weighted by atomic mass is 35.5. The van der Waals surface area contributed by atoms with Crippen LogP contribution in [0.15, 0.2) is 18.2 Å². The number of nitrogens with zero attached hydrogens (tertiary/aromatic N) is 1. The molecule has 1 N–H and O–H groups in total. The van der Waals surface area contributed by atoms with Crippen molar-refractivity contribution in [3.8, 4) is 5.75 Å². The third kappa shape index (κ3) is 5.79. The average Bonchev–Trinajstić information content (AvgIpc) is 2.59. The number of rotatable bonds is 7. The first-order valence-corrected chi connectivity index (χ1v) is 9.20. The molecule has 1 aromatic rings. The van der Waals surface area contributed by atoms with Gasteiger partial charge in [0, 0.05) is 24.5 Å². The maximum Gasteiger partial charge on any atom is 0.306 e. The van der Waals surface area contributed by atoms with Gasteiger partial charge < -0.3 is 14.7 Å². The van der Waals surface area contributed by atoms with Gasteiger partial charge in [-0.15, -0.1) is 0 Å². The molecule has 25 heavy (non-hydrogen) atoms. The summed E-state index contributed by atoms with van der Waals surface area (Å²) in [4.78, 5) is 25.0. The minimum Gasteiger partial charge on any atom is -0.492 e. The van der Waals surface area contributed by atoms with Crippen molar-refractivity contribution in [2.45, 2.75) is 44.6 Å². The lowest BCUT2D eigenvalue weighted by atomic mass is 9.85. The Balaban J connectivity index is 1.70. The monoisotopic (exact) mass is 387 g/mol. The van der Waals surface area contributed by atoms with Gasteiger partial charge in [-0.1, -0.05) is 23.2 Å².